The van der Waals surface area contributed by atoms with E-state index in [0.717, 1.165) is 37.9 Å². The predicted molar refractivity (Wildman–Crippen MR) is 104 cm³/mol. The summed E-state index contributed by atoms with van der Waals surface area (Å²) >= 11 is 3.53. The molecule has 0 N–H and O–H groups in total. The lowest BCUT2D eigenvalue weighted by Gasteiger charge is -2.27. The number of benzene rings is 2. The summed E-state index contributed by atoms with van der Waals surface area (Å²) in [6.07, 6.45) is 1.77. The highest BCUT2D eigenvalue weighted by Gasteiger charge is 2.20. The minimum absolute atomic E-state index is 0.0599. The van der Waals surface area contributed by atoms with Gasteiger partial charge in [0.05, 0.1) is 30.6 Å². The summed E-state index contributed by atoms with van der Waals surface area (Å²) in [6, 6.07) is 11.7. The van der Waals surface area contributed by atoms with Gasteiger partial charge in [0.15, 0.2) is 0 Å². The van der Waals surface area contributed by atoms with E-state index in [4.69, 9.17) is 9.72 Å². The maximum atomic E-state index is 12.7. The SMILES string of the molecule is Cc1cc(-c2cnc3cccc(Br)c3n2)ccc1C(=O)N1CCOCC1. The van der Waals surface area contributed by atoms with Gasteiger partial charge in [0.25, 0.3) is 5.91 Å². The molecule has 6 heteroatoms. The Labute approximate surface area is 160 Å². The van der Waals surface area contributed by atoms with Gasteiger partial charge < -0.3 is 9.64 Å². The van der Waals surface area contributed by atoms with Crippen LogP contribution in [0.2, 0.25) is 0 Å². The first kappa shape index (κ1) is 17.1. The summed E-state index contributed by atoms with van der Waals surface area (Å²) in [5.41, 5.74) is 5.08. The lowest BCUT2D eigenvalue weighted by atomic mass is 10.0. The predicted octanol–water partition coefficient (Wildman–Crippen LogP) is 3.84. The minimum atomic E-state index is 0.0599. The Morgan fingerprint density at radius 1 is 1.19 bits per heavy atom. The number of para-hydroxylation sites is 1. The van der Waals surface area contributed by atoms with Crippen LogP contribution < -0.4 is 0 Å². The number of fused-ring (bicyclic) bond motifs is 1. The molecule has 0 spiro atoms. The van der Waals surface area contributed by atoms with Crippen molar-refractivity contribution in [1.82, 2.24) is 14.9 Å². The standard InChI is InChI=1S/C20H18BrN3O2/c1-13-11-14(5-6-15(13)20(25)24-7-9-26-10-8-24)18-12-22-17-4-2-3-16(21)19(17)23-18/h2-6,11-12H,7-10H2,1H3. The maximum absolute atomic E-state index is 12.7. The lowest BCUT2D eigenvalue weighted by molar-refractivity contribution is 0.0302. The molecular formula is C20H18BrN3O2. The Kier molecular flexibility index (Phi) is 4.70. The number of hydrogen-bond acceptors (Lipinski definition) is 4. The third-order valence-corrected chi connectivity index (χ3v) is 5.21. The molecule has 1 saturated heterocycles. The number of carbonyl (C=O) groups excluding carboxylic acids is 1. The fourth-order valence-electron chi connectivity index (χ4n) is 3.14. The normalized spacial score (nSPS) is 14.6. The van der Waals surface area contributed by atoms with Gasteiger partial charge in [-0.25, -0.2) is 4.98 Å². The highest BCUT2D eigenvalue weighted by Crippen LogP contribution is 2.26. The van der Waals surface area contributed by atoms with Crippen molar-refractivity contribution in [3.05, 3.63) is 58.2 Å². The van der Waals surface area contributed by atoms with Gasteiger partial charge in [-0.15, -0.1) is 0 Å². The van der Waals surface area contributed by atoms with Crippen molar-refractivity contribution in [2.24, 2.45) is 0 Å². The number of rotatable bonds is 2. The van der Waals surface area contributed by atoms with Crippen molar-refractivity contribution in [3.63, 3.8) is 0 Å². The first-order valence-electron chi connectivity index (χ1n) is 8.53. The molecule has 0 saturated carbocycles. The molecule has 2 heterocycles. The molecule has 2 aromatic carbocycles. The third kappa shape index (κ3) is 3.22. The molecule has 1 aliphatic heterocycles. The van der Waals surface area contributed by atoms with Crippen molar-refractivity contribution in [1.29, 1.82) is 0 Å². The van der Waals surface area contributed by atoms with E-state index in [1.165, 1.54) is 0 Å². The average Bonchev–Trinajstić information content (AvgIpc) is 2.68. The number of halogens is 1. The highest BCUT2D eigenvalue weighted by atomic mass is 79.9. The summed E-state index contributed by atoms with van der Waals surface area (Å²) in [5, 5.41) is 0. The van der Waals surface area contributed by atoms with Gasteiger partial charge in [-0.1, -0.05) is 12.1 Å². The molecule has 1 amide bonds. The zero-order valence-corrected chi connectivity index (χ0v) is 16.0. The minimum Gasteiger partial charge on any atom is -0.378 e. The third-order valence-electron chi connectivity index (χ3n) is 4.57. The molecule has 4 rings (SSSR count). The van der Waals surface area contributed by atoms with E-state index in [0.29, 0.717) is 26.3 Å². The van der Waals surface area contributed by atoms with E-state index in [-0.39, 0.29) is 5.91 Å². The number of aryl methyl sites for hydroxylation is 1. The Bertz CT molecular complexity index is 984. The van der Waals surface area contributed by atoms with Crippen LogP contribution in [0.5, 0.6) is 0 Å². The second kappa shape index (κ2) is 7.13. The van der Waals surface area contributed by atoms with Gasteiger partial charge in [-0.05, 0) is 52.7 Å². The molecule has 26 heavy (non-hydrogen) atoms. The van der Waals surface area contributed by atoms with Crippen molar-refractivity contribution < 1.29 is 9.53 Å². The van der Waals surface area contributed by atoms with Crippen LogP contribution in [0.15, 0.2) is 47.1 Å². The Morgan fingerprint density at radius 3 is 2.77 bits per heavy atom. The summed E-state index contributed by atoms with van der Waals surface area (Å²) in [7, 11) is 0. The molecule has 3 aromatic rings. The molecule has 1 aliphatic rings. The summed E-state index contributed by atoms with van der Waals surface area (Å²) in [6.45, 7) is 4.45. The van der Waals surface area contributed by atoms with E-state index in [1.807, 2.05) is 48.2 Å². The molecule has 5 nitrogen and oxygen atoms in total. The second-order valence-corrected chi connectivity index (χ2v) is 7.15. The molecular weight excluding hydrogens is 394 g/mol. The van der Waals surface area contributed by atoms with Gasteiger partial charge in [0.2, 0.25) is 0 Å². The van der Waals surface area contributed by atoms with Crippen LogP contribution in [-0.4, -0.2) is 47.1 Å². The summed E-state index contributed by atoms with van der Waals surface area (Å²) in [5.74, 6) is 0.0599. The van der Waals surface area contributed by atoms with Crippen LogP contribution in [0, 0.1) is 6.92 Å². The number of amides is 1. The molecule has 0 radical (unpaired) electrons. The van der Waals surface area contributed by atoms with Crippen LogP contribution in [0.3, 0.4) is 0 Å². The lowest BCUT2D eigenvalue weighted by Crippen LogP contribution is -2.40. The Hall–Kier alpha value is -2.31. The van der Waals surface area contributed by atoms with Gasteiger partial charge in [0, 0.05) is 28.7 Å². The number of aromatic nitrogens is 2. The van der Waals surface area contributed by atoms with Gasteiger partial charge in [-0.2, -0.15) is 0 Å². The highest BCUT2D eigenvalue weighted by molar-refractivity contribution is 9.10. The molecule has 0 bridgehead atoms. The van der Waals surface area contributed by atoms with Crippen molar-refractivity contribution in [2.75, 3.05) is 26.3 Å². The van der Waals surface area contributed by atoms with Crippen LogP contribution in [0.1, 0.15) is 15.9 Å². The fraction of sp³-hybridized carbons (Fsp3) is 0.250. The van der Waals surface area contributed by atoms with E-state index >= 15 is 0 Å². The molecule has 0 atom stereocenters. The quantitative estimate of drug-likeness (QED) is 0.642. The number of carbonyl (C=O) groups is 1. The fourth-order valence-corrected chi connectivity index (χ4v) is 3.58. The van der Waals surface area contributed by atoms with E-state index in [9.17, 15) is 4.79 Å². The zero-order chi connectivity index (χ0) is 18.1. The Morgan fingerprint density at radius 2 is 2.00 bits per heavy atom. The monoisotopic (exact) mass is 411 g/mol. The number of ether oxygens (including phenoxy) is 1. The van der Waals surface area contributed by atoms with E-state index in [1.54, 1.807) is 6.20 Å². The average molecular weight is 412 g/mol. The van der Waals surface area contributed by atoms with E-state index < -0.39 is 0 Å². The Balaban J connectivity index is 1.67. The topological polar surface area (TPSA) is 55.3 Å². The zero-order valence-electron chi connectivity index (χ0n) is 14.4. The number of nitrogens with zero attached hydrogens (tertiary/aromatic N) is 3. The van der Waals surface area contributed by atoms with Gasteiger partial charge in [0.1, 0.15) is 5.52 Å². The van der Waals surface area contributed by atoms with Crippen molar-refractivity contribution in [3.8, 4) is 11.3 Å². The largest absolute Gasteiger partial charge is 0.378 e. The summed E-state index contributed by atoms with van der Waals surface area (Å²) < 4.78 is 6.24. The van der Waals surface area contributed by atoms with Crippen molar-refractivity contribution in [2.45, 2.75) is 6.92 Å². The van der Waals surface area contributed by atoms with Crippen LogP contribution in [-0.2, 0) is 4.74 Å². The first-order chi connectivity index (χ1) is 12.6. The second-order valence-electron chi connectivity index (χ2n) is 6.30. The molecule has 0 unspecified atom stereocenters. The van der Waals surface area contributed by atoms with Crippen molar-refractivity contribution >= 4 is 32.9 Å². The maximum Gasteiger partial charge on any atom is 0.254 e. The van der Waals surface area contributed by atoms with Gasteiger partial charge >= 0.3 is 0 Å². The van der Waals surface area contributed by atoms with Crippen LogP contribution >= 0.6 is 15.9 Å². The summed E-state index contributed by atoms with van der Waals surface area (Å²) in [4.78, 5) is 23.8. The number of hydrogen-bond donors (Lipinski definition) is 0. The first-order valence-corrected chi connectivity index (χ1v) is 9.32. The van der Waals surface area contributed by atoms with Crippen LogP contribution in [0.4, 0.5) is 0 Å². The smallest absolute Gasteiger partial charge is 0.254 e. The molecule has 1 aromatic heterocycles. The van der Waals surface area contributed by atoms with Gasteiger partial charge in [-0.3, -0.25) is 9.78 Å². The van der Waals surface area contributed by atoms with Crippen LogP contribution in [0.25, 0.3) is 22.3 Å². The van der Waals surface area contributed by atoms with E-state index in [2.05, 4.69) is 20.9 Å². The molecule has 0 aliphatic carbocycles. The molecule has 132 valence electrons. The number of morpholine rings is 1. The molecule has 1 fully saturated rings.